The predicted octanol–water partition coefficient (Wildman–Crippen LogP) is 2.80. The first-order valence-electron chi connectivity index (χ1n) is 7.61. The van der Waals surface area contributed by atoms with Gasteiger partial charge < -0.3 is 9.64 Å². The van der Waals surface area contributed by atoms with E-state index < -0.39 is 0 Å². The molecule has 2 heterocycles. The number of likely N-dealkylation sites (N-methyl/N-ethyl adjacent to an activating group) is 1. The summed E-state index contributed by atoms with van der Waals surface area (Å²) in [5, 5.41) is 0. The molecule has 4 heteroatoms. The molecule has 2 aromatic rings. The van der Waals surface area contributed by atoms with Crippen LogP contribution in [0, 0.1) is 0 Å². The Balaban J connectivity index is 1.75. The molecule has 1 saturated heterocycles. The summed E-state index contributed by atoms with van der Waals surface area (Å²) in [5.74, 6) is 0.788. The number of fused-ring (bicyclic) bond motifs is 1. The van der Waals surface area contributed by atoms with E-state index in [0.717, 1.165) is 37.3 Å². The summed E-state index contributed by atoms with van der Waals surface area (Å²) in [6, 6.07) is 6.53. The van der Waals surface area contributed by atoms with Crippen molar-refractivity contribution >= 4 is 0 Å². The van der Waals surface area contributed by atoms with Crippen molar-refractivity contribution in [3.05, 3.63) is 60.5 Å². The largest absolute Gasteiger partial charge is 0.477 e. The van der Waals surface area contributed by atoms with E-state index in [0.29, 0.717) is 0 Å². The lowest BCUT2D eigenvalue weighted by Crippen LogP contribution is -2.47. The lowest BCUT2D eigenvalue weighted by atomic mass is 9.76. The SMILES string of the molecule is C=C1OC[C@@]2(CCc3c(cccc3-c3cncnc3)C2)N1C. The molecule has 1 fully saturated rings. The molecule has 0 bridgehead atoms. The van der Waals surface area contributed by atoms with E-state index in [9.17, 15) is 0 Å². The van der Waals surface area contributed by atoms with E-state index >= 15 is 0 Å². The molecule has 22 heavy (non-hydrogen) atoms. The number of hydrogen-bond acceptors (Lipinski definition) is 4. The van der Waals surface area contributed by atoms with Crippen molar-refractivity contribution in [3.63, 3.8) is 0 Å². The second-order valence-electron chi connectivity index (χ2n) is 6.21. The van der Waals surface area contributed by atoms with Crippen LogP contribution in [-0.4, -0.2) is 34.1 Å². The second kappa shape index (κ2) is 4.83. The fourth-order valence-electron chi connectivity index (χ4n) is 3.69. The van der Waals surface area contributed by atoms with Gasteiger partial charge in [0.05, 0.1) is 5.54 Å². The Morgan fingerprint density at radius 1 is 1.27 bits per heavy atom. The third kappa shape index (κ3) is 1.90. The third-order valence-electron chi connectivity index (χ3n) is 5.10. The highest BCUT2D eigenvalue weighted by Crippen LogP contribution is 2.41. The van der Waals surface area contributed by atoms with Crippen LogP contribution in [0.1, 0.15) is 17.5 Å². The minimum Gasteiger partial charge on any atom is -0.477 e. The maximum Gasteiger partial charge on any atom is 0.182 e. The first kappa shape index (κ1) is 13.3. The number of hydrogen-bond donors (Lipinski definition) is 0. The van der Waals surface area contributed by atoms with Crippen LogP contribution in [0.3, 0.4) is 0 Å². The predicted molar refractivity (Wildman–Crippen MR) is 85.1 cm³/mol. The van der Waals surface area contributed by atoms with E-state index in [1.54, 1.807) is 6.33 Å². The van der Waals surface area contributed by atoms with Gasteiger partial charge in [0.15, 0.2) is 5.88 Å². The van der Waals surface area contributed by atoms with Gasteiger partial charge in [0.25, 0.3) is 0 Å². The molecular weight excluding hydrogens is 274 g/mol. The first-order valence-corrected chi connectivity index (χ1v) is 7.61. The minimum absolute atomic E-state index is 0.0654. The fraction of sp³-hybridized carbons (Fsp3) is 0.333. The van der Waals surface area contributed by atoms with Crippen molar-refractivity contribution in [2.45, 2.75) is 24.8 Å². The van der Waals surface area contributed by atoms with Crippen molar-refractivity contribution in [2.75, 3.05) is 13.7 Å². The topological polar surface area (TPSA) is 38.3 Å². The van der Waals surface area contributed by atoms with Crippen molar-refractivity contribution < 1.29 is 4.74 Å². The Labute approximate surface area is 130 Å². The number of benzene rings is 1. The van der Waals surface area contributed by atoms with Crippen LogP contribution in [0.2, 0.25) is 0 Å². The Kier molecular flexibility index (Phi) is 2.93. The van der Waals surface area contributed by atoms with Gasteiger partial charge in [0.1, 0.15) is 12.9 Å². The number of nitrogens with zero attached hydrogens (tertiary/aromatic N) is 3. The highest BCUT2D eigenvalue weighted by Gasteiger charge is 2.44. The molecule has 1 aromatic carbocycles. The molecule has 4 rings (SSSR count). The van der Waals surface area contributed by atoms with Crippen LogP contribution in [-0.2, 0) is 17.6 Å². The van der Waals surface area contributed by atoms with Crippen LogP contribution in [0.25, 0.3) is 11.1 Å². The van der Waals surface area contributed by atoms with E-state index in [2.05, 4.69) is 46.7 Å². The van der Waals surface area contributed by atoms with Gasteiger partial charge in [-0.05, 0) is 42.5 Å². The summed E-state index contributed by atoms with van der Waals surface area (Å²) in [7, 11) is 2.09. The normalized spacial score (nSPS) is 23.5. The van der Waals surface area contributed by atoms with E-state index in [1.165, 1.54) is 16.7 Å². The zero-order valence-corrected chi connectivity index (χ0v) is 12.7. The van der Waals surface area contributed by atoms with Gasteiger partial charge in [-0.1, -0.05) is 18.2 Å². The number of rotatable bonds is 1. The molecule has 1 spiro atoms. The van der Waals surface area contributed by atoms with Crippen molar-refractivity contribution in [2.24, 2.45) is 0 Å². The molecule has 112 valence electrons. The highest BCUT2D eigenvalue weighted by molar-refractivity contribution is 5.68. The fourth-order valence-corrected chi connectivity index (χ4v) is 3.69. The van der Waals surface area contributed by atoms with Gasteiger partial charge in [-0.25, -0.2) is 9.97 Å². The average molecular weight is 293 g/mol. The number of ether oxygens (including phenoxy) is 1. The zero-order chi connectivity index (χ0) is 15.2. The van der Waals surface area contributed by atoms with Gasteiger partial charge in [-0.15, -0.1) is 0 Å². The summed E-state index contributed by atoms with van der Waals surface area (Å²) in [6.07, 6.45) is 8.48. The summed E-state index contributed by atoms with van der Waals surface area (Å²) in [5.41, 5.74) is 5.24. The molecular formula is C18H19N3O. The average Bonchev–Trinajstić information content (AvgIpc) is 2.83. The van der Waals surface area contributed by atoms with Crippen molar-refractivity contribution in [1.82, 2.24) is 14.9 Å². The molecule has 1 aromatic heterocycles. The zero-order valence-electron chi connectivity index (χ0n) is 12.7. The summed E-state index contributed by atoms with van der Waals surface area (Å²) < 4.78 is 5.70. The molecule has 0 radical (unpaired) electrons. The molecule has 4 nitrogen and oxygen atoms in total. The maximum atomic E-state index is 5.70. The van der Waals surface area contributed by atoms with Gasteiger partial charge in [-0.3, -0.25) is 0 Å². The van der Waals surface area contributed by atoms with Crippen LogP contribution < -0.4 is 0 Å². The molecule has 1 aliphatic heterocycles. The van der Waals surface area contributed by atoms with E-state index in [4.69, 9.17) is 4.74 Å². The van der Waals surface area contributed by atoms with Crippen LogP contribution in [0.15, 0.2) is 49.4 Å². The monoisotopic (exact) mass is 293 g/mol. The van der Waals surface area contributed by atoms with Gasteiger partial charge in [0, 0.05) is 25.0 Å². The molecule has 0 N–H and O–H groups in total. The number of aromatic nitrogens is 2. The summed E-state index contributed by atoms with van der Waals surface area (Å²) in [6.45, 7) is 4.73. The van der Waals surface area contributed by atoms with Gasteiger partial charge >= 0.3 is 0 Å². The van der Waals surface area contributed by atoms with E-state index in [-0.39, 0.29) is 5.54 Å². The lowest BCUT2D eigenvalue weighted by Gasteiger charge is -2.39. The molecule has 1 aliphatic carbocycles. The van der Waals surface area contributed by atoms with Gasteiger partial charge in [0.2, 0.25) is 0 Å². The van der Waals surface area contributed by atoms with Crippen molar-refractivity contribution in [1.29, 1.82) is 0 Å². The molecule has 0 saturated carbocycles. The smallest absolute Gasteiger partial charge is 0.182 e. The maximum absolute atomic E-state index is 5.70. The Hall–Kier alpha value is -2.36. The Morgan fingerprint density at radius 3 is 2.82 bits per heavy atom. The third-order valence-corrected chi connectivity index (χ3v) is 5.10. The molecule has 1 atom stereocenters. The quantitative estimate of drug-likeness (QED) is 0.810. The second-order valence-corrected chi connectivity index (χ2v) is 6.21. The summed E-state index contributed by atoms with van der Waals surface area (Å²) in [4.78, 5) is 10.5. The van der Waals surface area contributed by atoms with E-state index in [1.807, 2.05) is 12.4 Å². The first-order chi connectivity index (χ1) is 10.7. The molecule has 0 amide bonds. The molecule has 2 aliphatic rings. The van der Waals surface area contributed by atoms with Crippen LogP contribution in [0.4, 0.5) is 0 Å². The molecule has 0 unspecified atom stereocenters. The van der Waals surface area contributed by atoms with Gasteiger partial charge in [-0.2, -0.15) is 0 Å². The highest BCUT2D eigenvalue weighted by atomic mass is 16.5. The Morgan fingerprint density at radius 2 is 2.09 bits per heavy atom. The van der Waals surface area contributed by atoms with Crippen molar-refractivity contribution in [3.8, 4) is 11.1 Å². The van der Waals surface area contributed by atoms with Crippen LogP contribution >= 0.6 is 0 Å². The Bertz CT molecular complexity index is 728. The summed E-state index contributed by atoms with van der Waals surface area (Å²) >= 11 is 0. The lowest BCUT2D eigenvalue weighted by molar-refractivity contribution is 0.178. The standard InChI is InChI=1S/C18H19N3O/c1-13-21(2)18(11-22-13)7-6-17-14(8-18)4-3-5-16(17)15-9-19-12-20-10-15/h3-5,9-10,12H,1,6-8,11H2,2H3/t18-/m0/s1. The minimum atomic E-state index is 0.0654. The van der Waals surface area contributed by atoms with Crippen LogP contribution in [0.5, 0.6) is 0 Å².